The summed E-state index contributed by atoms with van der Waals surface area (Å²) in [6.45, 7) is 4.92. The van der Waals surface area contributed by atoms with Gasteiger partial charge < -0.3 is 9.64 Å². The molecule has 5 nitrogen and oxygen atoms in total. The summed E-state index contributed by atoms with van der Waals surface area (Å²) in [5.41, 5.74) is 2.09. The van der Waals surface area contributed by atoms with Crippen LogP contribution in [-0.4, -0.2) is 37.2 Å². The number of hydrogen-bond donors (Lipinski definition) is 2. The molecule has 12 heavy (non-hydrogen) atoms. The molecule has 0 heterocycles. The van der Waals surface area contributed by atoms with Crippen LogP contribution in [0.25, 0.3) is 0 Å². The summed E-state index contributed by atoms with van der Waals surface area (Å²) in [5, 5.41) is 0. The summed E-state index contributed by atoms with van der Waals surface area (Å²) in [4.78, 5) is 12.7. The Balaban J connectivity index is 3.95. The first kappa shape index (κ1) is 11.2. The van der Waals surface area contributed by atoms with Gasteiger partial charge in [0.15, 0.2) is 0 Å². The van der Waals surface area contributed by atoms with Crippen molar-refractivity contribution in [1.29, 1.82) is 0 Å². The predicted octanol–water partition coefficient (Wildman–Crippen LogP) is -0.0735. The second-order valence-corrected chi connectivity index (χ2v) is 2.73. The van der Waals surface area contributed by atoms with E-state index in [1.54, 1.807) is 12.0 Å². The quantitative estimate of drug-likeness (QED) is 0.357. The van der Waals surface area contributed by atoms with Crippen molar-refractivity contribution in [2.45, 2.75) is 19.9 Å². The number of methoxy groups -OCH3 is 1. The zero-order valence-electron chi connectivity index (χ0n) is 7.83. The fraction of sp³-hybridized carbons (Fsp3) is 0.857. The van der Waals surface area contributed by atoms with Gasteiger partial charge >= 0.3 is 6.03 Å². The van der Waals surface area contributed by atoms with Gasteiger partial charge in [0.1, 0.15) is 0 Å². The first-order chi connectivity index (χ1) is 5.63. The molecular weight excluding hydrogens is 158 g/mol. The molecule has 2 amide bonds. The van der Waals surface area contributed by atoms with Gasteiger partial charge in [0, 0.05) is 19.7 Å². The highest BCUT2D eigenvalue weighted by atomic mass is 16.5. The van der Waals surface area contributed by atoms with Gasteiger partial charge in [-0.2, -0.15) is 0 Å². The molecule has 0 atom stereocenters. The van der Waals surface area contributed by atoms with Crippen molar-refractivity contribution >= 4 is 6.03 Å². The molecule has 0 aliphatic carbocycles. The number of nitrogens with one attached hydrogen (secondary N) is 1. The van der Waals surface area contributed by atoms with Gasteiger partial charge in [0.05, 0.1) is 6.61 Å². The first-order valence-corrected chi connectivity index (χ1v) is 3.89. The van der Waals surface area contributed by atoms with Crippen molar-refractivity contribution in [3.63, 3.8) is 0 Å². The summed E-state index contributed by atoms with van der Waals surface area (Å²) < 4.78 is 4.85. The van der Waals surface area contributed by atoms with Gasteiger partial charge in [0.25, 0.3) is 0 Å². The molecule has 0 bridgehead atoms. The SMILES string of the molecule is COCCN(C(=O)NN)C(C)C. The number of ether oxygens (including phenoxy) is 1. The minimum atomic E-state index is -0.276. The Bertz CT molecular complexity index is 139. The van der Waals surface area contributed by atoms with Gasteiger partial charge in [-0.1, -0.05) is 0 Å². The zero-order chi connectivity index (χ0) is 9.56. The van der Waals surface area contributed by atoms with Crippen LogP contribution in [0.15, 0.2) is 0 Å². The van der Waals surface area contributed by atoms with E-state index in [9.17, 15) is 4.79 Å². The summed E-state index contributed by atoms with van der Waals surface area (Å²) >= 11 is 0. The maximum absolute atomic E-state index is 11.1. The van der Waals surface area contributed by atoms with Gasteiger partial charge in [-0.3, -0.25) is 5.43 Å². The fourth-order valence-corrected chi connectivity index (χ4v) is 0.867. The molecule has 0 aliphatic heterocycles. The molecule has 0 aliphatic rings. The lowest BCUT2D eigenvalue weighted by Crippen LogP contribution is -2.47. The molecule has 0 aromatic rings. The molecule has 0 saturated carbocycles. The smallest absolute Gasteiger partial charge is 0.331 e. The van der Waals surface area contributed by atoms with Crippen LogP contribution in [0.2, 0.25) is 0 Å². The van der Waals surface area contributed by atoms with Crippen LogP contribution in [0, 0.1) is 0 Å². The largest absolute Gasteiger partial charge is 0.383 e. The highest BCUT2D eigenvalue weighted by Crippen LogP contribution is 1.97. The Hall–Kier alpha value is -0.810. The molecular formula is C7H17N3O2. The van der Waals surface area contributed by atoms with Crippen LogP contribution in [0.3, 0.4) is 0 Å². The molecule has 0 saturated heterocycles. The topological polar surface area (TPSA) is 67.6 Å². The Morgan fingerprint density at radius 1 is 1.67 bits per heavy atom. The second kappa shape index (κ2) is 5.79. The molecule has 0 radical (unpaired) electrons. The molecule has 72 valence electrons. The lowest BCUT2D eigenvalue weighted by Gasteiger charge is -2.25. The number of hydrazine groups is 1. The third-order valence-electron chi connectivity index (χ3n) is 1.54. The molecule has 0 unspecified atom stereocenters. The van der Waals surface area contributed by atoms with E-state index >= 15 is 0 Å². The number of rotatable bonds is 4. The van der Waals surface area contributed by atoms with Gasteiger partial charge in [-0.15, -0.1) is 0 Å². The monoisotopic (exact) mass is 175 g/mol. The molecule has 3 N–H and O–H groups in total. The number of carbonyl (C=O) groups is 1. The minimum absolute atomic E-state index is 0.128. The Kier molecular flexibility index (Phi) is 5.40. The molecule has 0 aromatic carbocycles. The predicted molar refractivity (Wildman–Crippen MR) is 46.4 cm³/mol. The van der Waals surface area contributed by atoms with Gasteiger partial charge in [-0.25, -0.2) is 10.6 Å². The summed E-state index contributed by atoms with van der Waals surface area (Å²) in [5.74, 6) is 5.00. The molecule has 0 rings (SSSR count). The highest BCUT2D eigenvalue weighted by Gasteiger charge is 2.14. The van der Waals surface area contributed by atoms with Gasteiger partial charge in [0.2, 0.25) is 0 Å². The van der Waals surface area contributed by atoms with E-state index in [0.717, 1.165) is 0 Å². The third kappa shape index (κ3) is 3.54. The Labute approximate surface area is 72.8 Å². The van der Waals surface area contributed by atoms with Crippen molar-refractivity contribution < 1.29 is 9.53 Å². The second-order valence-electron chi connectivity index (χ2n) is 2.73. The van der Waals surface area contributed by atoms with E-state index in [-0.39, 0.29) is 12.1 Å². The number of amides is 2. The van der Waals surface area contributed by atoms with E-state index in [0.29, 0.717) is 13.2 Å². The normalized spacial score (nSPS) is 10.1. The van der Waals surface area contributed by atoms with Crippen molar-refractivity contribution in [2.24, 2.45) is 5.84 Å². The van der Waals surface area contributed by atoms with Crippen molar-refractivity contribution in [3.05, 3.63) is 0 Å². The van der Waals surface area contributed by atoms with Crippen LogP contribution in [0.4, 0.5) is 4.79 Å². The van der Waals surface area contributed by atoms with E-state index < -0.39 is 0 Å². The lowest BCUT2D eigenvalue weighted by molar-refractivity contribution is 0.136. The van der Waals surface area contributed by atoms with Gasteiger partial charge in [-0.05, 0) is 13.8 Å². The van der Waals surface area contributed by atoms with Crippen LogP contribution in [0.5, 0.6) is 0 Å². The Morgan fingerprint density at radius 3 is 2.58 bits per heavy atom. The summed E-state index contributed by atoms with van der Waals surface area (Å²) in [6, 6.07) is -0.147. The number of urea groups is 1. The third-order valence-corrected chi connectivity index (χ3v) is 1.54. The number of hydrogen-bond acceptors (Lipinski definition) is 3. The van der Waals surface area contributed by atoms with E-state index in [4.69, 9.17) is 10.6 Å². The molecule has 5 heteroatoms. The Morgan fingerprint density at radius 2 is 2.25 bits per heavy atom. The molecule has 0 aromatic heterocycles. The summed E-state index contributed by atoms with van der Waals surface area (Å²) in [7, 11) is 1.60. The van der Waals surface area contributed by atoms with Crippen molar-refractivity contribution in [2.75, 3.05) is 20.3 Å². The van der Waals surface area contributed by atoms with Crippen LogP contribution < -0.4 is 11.3 Å². The number of nitrogens with zero attached hydrogens (tertiary/aromatic N) is 1. The maximum atomic E-state index is 11.1. The van der Waals surface area contributed by atoms with E-state index in [1.165, 1.54) is 0 Å². The highest BCUT2D eigenvalue weighted by molar-refractivity contribution is 5.73. The zero-order valence-corrected chi connectivity index (χ0v) is 7.83. The van der Waals surface area contributed by atoms with Crippen molar-refractivity contribution in [1.82, 2.24) is 10.3 Å². The average molecular weight is 175 g/mol. The maximum Gasteiger partial charge on any atom is 0.331 e. The van der Waals surface area contributed by atoms with Crippen LogP contribution in [-0.2, 0) is 4.74 Å². The minimum Gasteiger partial charge on any atom is -0.383 e. The molecule has 0 fully saturated rings. The number of carbonyl (C=O) groups excluding carboxylic acids is 1. The number of nitrogens with two attached hydrogens (primary N) is 1. The van der Waals surface area contributed by atoms with Crippen molar-refractivity contribution in [3.8, 4) is 0 Å². The lowest BCUT2D eigenvalue weighted by atomic mass is 10.3. The van der Waals surface area contributed by atoms with E-state index in [1.807, 2.05) is 13.8 Å². The standard InChI is InChI=1S/C7H17N3O2/c1-6(2)10(4-5-12-3)7(11)9-8/h6H,4-5,8H2,1-3H3,(H,9,11). The van der Waals surface area contributed by atoms with E-state index in [2.05, 4.69) is 5.43 Å². The summed E-state index contributed by atoms with van der Waals surface area (Å²) in [6.07, 6.45) is 0. The fourth-order valence-electron chi connectivity index (χ4n) is 0.867. The average Bonchev–Trinajstić information content (AvgIpc) is 2.04. The van der Waals surface area contributed by atoms with Crippen LogP contribution >= 0.6 is 0 Å². The first-order valence-electron chi connectivity index (χ1n) is 3.89. The molecule has 0 spiro atoms. The van der Waals surface area contributed by atoms with Crippen LogP contribution in [0.1, 0.15) is 13.8 Å².